The average Bonchev–Trinajstić information content (AvgIpc) is 2.49. The quantitative estimate of drug-likeness (QED) is 0.679. The molecule has 0 aliphatic heterocycles. The van der Waals surface area contributed by atoms with Crippen LogP contribution in [0, 0.1) is 0 Å². The van der Waals surface area contributed by atoms with E-state index >= 15 is 0 Å². The molecule has 1 atom stereocenters. The first kappa shape index (κ1) is 7.45. The molecule has 1 unspecified atom stereocenters. The Labute approximate surface area is 70.5 Å². The second-order valence-electron chi connectivity index (χ2n) is 2.23. The highest BCUT2D eigenvalue weighted by atomic mass is 32.2. The van der Waals surface area contributed by atoms with Crippen LogP contribution in [0.25, 0.3) is 11.1 Å². The van der Waals surface area contributed by atoms with Gasteiger partial charge >= 0.3 is 0 Å². The number of oxazole rings is 1. The molecule has 2 aromatic rings. The van der Waals surface area contributed by atoms with Crippen molar-refractivity contribution in [2.45, 2.75) is 4.90 Å². The second-order valence-corrected chi connectivity index (χ2v) is 3.20. The fraction of sp³-hybridized carbons (Fsp3) is 0. The molecule has 0 radical (unpaired) electrons. The van der Waals surface area contributed by atoms with E-state index in [1.165, 1.54) is 18.5 Å². The Morgan fingerprint density at radius 1 is 1.50 bits per heavy atom. The maximum Gasteiger partial charge on any atom is 0.186 e. The maximum absolute atomic E-state index is 10.6. The van der Waals surface area contributed by atoms with Crippen LogP contribution in [0.5, 0.6) is 0 Å². The topological polar surface area (TPSA) is 63.3 Å². The summed E-state index contributed by atoms with van der Waals surface area (Å²) in [6.07, 6.45) is 1.30. The van der Waals surface area contributed by atoms with Crippen molar-refractivity contribution in [1.29, 1.82) is 0 Å². The van der Waals surface area contributed by atoms with Gasteiger partial charge in [-0.05, 0) is 18.2 Å². The van der Waals surface area contributed by atoms with Crippen LogP contribution in [-0.4, -0.2) is 13.7 Å². The monoisotopic (exact) mass is 183 g/mol. The van der Waals surface area contributed by atoms with E-state index in [1.807, 2.05) is 0 Å². The van der Waals surface area contributed by atoms with Crippen LogP contribution in [-0.2, 0) is 11.1 Å². The molecule has 0 aliphatic carbocycles. The van der Waals surface area contributed by atoms with Gasteiger partial charge in [0.25, 0.3) is 0 Å². The number of rotatable bonds is 1. The molecular formula is C7H5NO3S. The van der Waals surface area contributed by atoms with E-state index in [0.29, 0.717) is 16.0 Å². The predicted molar refractivity (Wildman–Crippen MR) is 43.0 cm³/mol. The lowest BCUT2D eigenvalue weighted by Gasteiger charge is -1.91. The molecule has 1 N–H and O–H groups in total. The third-order valence-corrected chi connectivity index (χ3v) is 2.16. The first-order valence-corrected chi connectivity index (χ1v) is 4.32. The Morgan fingerprint density at radius 3 is 3.08 bits per heavy atom. The molecule has 0 aliphatic rings. The summed E-state index contributed by atoms with van der Waals surface area (Å²) in [5.74, 6) is 0. The maximum atomic E-state index is 10.6. The van der Waals surface area contributed by atoms with Gasteiger partial charge in [0, 0.05) is 0 Å². The van der Waals surface area contributed by atoms with Crippen LogP contribution in [0.15, 0.2) is 33.9 Å². The molecule has 0 saturated heterocycles. The molecule has 1 heterocycles. The molecule has 12 heavy (non-hydrogen) atoms. The minimum atomic E-state index is -1.95. The molecule has 4 nitrogen and oxygen atoms in total. The molecule has 5 heteroatoms. The highest BCUT2D eigenvalue weighted by Crippen LogP contribution is 2.15. The first-order chi connectivity index (χ1) is 5.77. The van der Waals surface area contributed by atoms with Crippen molar-refractivity contribution in [2.24, 2.45) is 0 Å². The number of hydrogen-bond acceptors (Lipinski definition) is 3. The van der Waals surface area contributed by atoms with Crippen LogP contribution >= 0.6 is 0 Å². The Hall–Kier alpha value is -1.20. The number of fused-ring (bicyclic) bond motifs is 1. The van der Waals surface area contributed by atoms with Gasteiger partial charge in [0.2, 0.25) is 0 Å². The van der Waals surface area contributed by atoms with E-state index in [4.69, 9.17) is 8.97 Å². The highest BCUT2D eigenvalue weighted by molar-refractivity contribution is 7.79. The van der Waals surface area contributed by atoms with Crippen LogP contribution in [0.4, 0.5) is 0 Å². The lowest BCUT2D eigenvalue weighted by molar-refractivity contribution is 0.564. The van der Waals surface area contributed by atoms with Gasteiger partial charge < -0.3 is 8.97 Å². The first-order valence-electron chi connectivity index (χ1n) is 3.21. The smallest absolute Gasteiger partial charge is 0.186 e. The van der Waals surface area contributed by atoms with E-state index in [-0.39, 0.29) is 0 Å². The molecule has 62 valence electrons. The normalized spacial score (nSPS) is 13.4. The molecule has 0 bridgehead atoms. The van der Waals surface area contributed by atoms with E-state index in [0.717, 1.165) is 0 Å². The SMILES string of the molecule is O=S(O)c1ccc2ocnc2c1. The van der Waals surface area contributed by atoms with Gasteiger partial charge in [-0.15, -0.1) is 0 Å². The van der Waals surface area contributed by atoms with Crippen LogP contribution < -0.4 is 0 Å². The standard InChI is InChI=1S/C7H5NO3S/c9-12(10)5-1-2-7-6(3-5)8-4-11-7/h1-4H,(H,9,10). The van der Waals surface area contributed by atoms with Gasteiger partial charge in [0.15, 0.2) is 23.1 Å². The second kappa shape index (κ2) is 2.69. The summed E-state index contributed by atoms with van der Waals surface area (Å²) in [7, 11) is 0. The van der Waals surface area contributed by atoms with Crippen molar-refractivity contribution in [3.63, 3.8) is 0 Å². The number of aromatic nitrogens is 1. The summed E-state index contributed by atoms with van der Waals surface area (Å²) in [6, 6.07) is 4.67. The fourth-order valence-electron chi connectivity index (χ4n) is 0.946. The van der Waals surface area contributed by atoms with Crippen LogP contribution in [0.3, 0.4) is 0 Å². The summed E-state index contributed by atoms with van der Waals surface area (Å²) < 4.78 is 24.3. The third kappa shape index (κ3) is 1.13. The summed E-state index contributed by atoms with van der Waals surface area (Å²) in [5.41, 5.74) is 1.21. The number of nitrogens with zero attached hydrogens (tertiary/aromatic N) is 1. The zero-order valence-electron chi connectivity index (χ0n) is 5.93. The minimum Gasteiger partial charge on any atom is -0.443 e. The van der Waals surface area contributed by atoms with Crippen LogP contribution in [0.2, 0.25) is 0 Å². The van der Waals surface area contributed by atoms with Crippen molar-refractivity contribution >= 4 is 22.2 Å². The summed E-state index contributed by atoms with van der Waals surface area (Å²) in [6.45, 7) is 0. The number of hydrogen-bond donors (Lipinski definition) is 1. The van der Waals surface area contributed by atoms with Crippen molar-refractivity contribution in [1.82, 2.24) is 4.98 Å². The van der Waals surface area contributed by atoms with E-state index in [2.05, 4.69) is 4.98 Å². The number of benzene rings is 1. The molecule has 0 fully saturated rings. The lowest BCUT2D eigenvalue weighted by atomic mass is 10.3. The van der Waals surface area contributed by atoms with Gasteiger partial charge in [-0.2, -0.15) is 0 Å². The molecular weight excluding hydrogens is 178 g/mol. The van der Waals surface area contributed by atoms with Gasteiger partial charge in [-0.1, -0.05) is 0 Å². The van der Waals surface area contributed by atoms with E-state index < -0.39 is 11.1 Å². The zero-order chi connectivity index (χ0) is 8.55. The zero-order valence-corrected chi connectivity index (χ0v) is 6.75. The molecule has 0 amide bonds. The van der Waals surface area contributed by atoms with Crippen molar-refractivity contribution in [2.75, 3.05) is 0 Å². The largest absolute Gasteiger partial charge is 0.443 e. The summed E-state index contributed by atoms with van der Waals surface area (Å²) in [5, 5.41) is 0. The lowest BCUT2D eigenvalue weighted by Crippen LogP contribution is -1.86. The minimum absolute atomic E-state index is 0.330. The third-order valence-electron chi connectivity index (χ3n) is 1.50. The van der Waals surface area contributed by atoms with Crippen molar-refractivity contribution < 1.29 is 13.2 Å². The van der Waals surface area contributed by atoms with Crippen LogP contribution in [0.1, 0.15) is 0 Å². The Balaban J connectivity index is 2.68. The molecule has 1 aromatic heterocycles. The Kier molecular flexibility index (Phi) is 1.67. The van der Waals surface area contributed by atoms with Gasteiger partial charge in [0.1, 0.15) is 5.52 Å². The summed E-state index contributed by atoms with van der Waals surface area (Å²) in [4.78, 5) is 4.18. The molecule has 0 saturated carbocycles. The predicted octanol–water partition coefficient (Wildman–Crippen LogP) is 1.41. The Bertz CT molecular complexity index is 437. The molecule has 1 aromatic carbocycles. The summed E-state index contributed by atoms with van der Waals surface area (Å²) >= 11 is -1.95. The molecule has 2 rings (SSSR count). The Morgan fingerprint density at radius 2 is 2.33 bits per heavy atom. The highest BCUT2D eigenvalue weighted by Gasteiger charge is 2.03. The van der Waals surface area contributed by atoms with E-state index in [1.54, 1.807) is 6.07 Å². The van der Waals surface area contributed by atoms with Gasteiger partial charge in [0.05, 0.1) is 4.90 Å². The van der Waals surface area contributed by atoms with Crippen molar-refractivity contribution in [3.8, 4) is 0 Å². The van der Waals surface area contributed by atoms with Gasteiger partial charge in [-0.3, -0.25) is 0 Å². The van der Waals surface area contributed by atoms with E-state index in [9.17, 15) is 4.21 Å². The van der Waals surface area contributed by atoms with Gasteiger partial charge in [-0.25, -0.2) is 9.19 Å². The van der Waals surface area contributed by atoms with Crippen molar-refractivity contribution in [3.05, 3.63) is 24.6 Å². The molecule has 0 spiro atoms. The fourth-order valence-corrected chi connectivity index (χ4v) is 1.34. The average molecular weight is 183 g/mol.